The standard InChI is InChI=1S/C16H27N3O2S.2ClH/c1-4-5-13-19-12(2)14(22-13)15(20)18-10-16(11-21-3)6-8-17-9-7-16;;/h17H,4-11H2,1-3H3,(H,18,20);2*1H. The number of rotatable bonds is 7. The number of carbonyl (C=O) groups excluding carboxylic acids is 1. The highest BCUT2D eigenvalue weighted by Gasteiger charge is 2.32. The van der Waals surface area contributed by atoms with Crippen molar-refractivity contribution in [2.45, 2.75) is 39.5 Å². The second-order valence-electron chi connectivity index (χ2n) is 6.14. The van der Waals surface area contributed by atoms with Crippen LogP contribution in [0, 0.1) is 12.3 Å². The number of nitrogens with zero attached hydrogens (tertiary/aromatic N) is 1. The lowest BCUT2D eigenvalue weighted by Crippen LogP contribution is -2.47. The Morgan fingerprint density at radius 1 is 1.38 bits per heavy atom. The van der Waals surface area contributed by atoms with Gasteiger partial charge in [0.15, 0.2) is 0 Å². The Labute approximate surface area is 161 Å². The molecule has 1 aliphatic heterocycles. The van der Waals surface area contributed by atoms with Crippen LogP contribution < -0.4 is 10.6 Å². The molecule has 0 atom stereocenters. The van der Waals surface area contributed by atoms with E-state index in [9.17, 15) is 4.79 Å². The first-order chi connectivity index (χ1) is 10.6. The third kappa shape index (κ3) is 6.15. The van der Waals surface area contributed by atoms with Crippen molar-refractivity contribution in [3.63, 3.8) is 0 Å². The lowest BCUT2D eigenvalue weighted by molar-refractivity contribution is 0.0512. The number of hydrogen-bond donors (Lipinski definition) is 2. The molecule has 1 saturated heterocycles. The fourth-order valence-electron chi connectivity index (χ4n) is 2.97. The lowest BCUT2D eigenvalue weighted by Gasteiger charge is -2.37. The second-order valence-corrected chi connectivity index (χ2v) is 7.22. The number of thiazole rings is 1. The van der Waals surface area contributed by atoms with Gasteiger partial charge < -0.3 is 15.4 Å². The van der Waals surface area contributed by atoms with E-state index in [1.165, 1.54) is 11.3 Å². The largest absolute Gasteiger partial charge is 0.384 e. The number of hydrogen-bond acceptors (Lipinski definition) is 5. The SMILES string of the molecule is CCCc1nc(C)c(C(=O)NCC2(COC)CCNCC2)s1.Cl.Cl. The Bertz CT molecular complexity index is 500. The van der Waals surface area contributed by atoms with E-state index in [0.29, 0.717) is 13.2 Å². The summed E-state index contributed by atoms with van der Waals surface area (Å²) < 4.78 is 5.39. The van der Waals surface area contributed by atoms with Crippen molar-refractivity contribution in [3.8, 4) is 0 Å². The Hall–Kier alpha value is -0.400. The molecular weight excluding hydrogens is 369 g/mol. The summed E-state index contributed by atoms with van der Waals surface area (Å²) in [5.74, 6) is 0.00589. The normalized spacial score (nSPS) is 16.0. The summed E-state index contributed by atoms with van der Waals surface area (Å²) in [4.78, 5) is 17.7. The van der Waals surface area contributed by atoms with Crippen LogP contribution in [0.15, 0.2) is 0 Å². The van der Waals surface area contributed by atoms with Crippen LogP contribution in [0.25, 0.3) is 0 Å². The summed E-state index contributed by atoms with van der Waals surface area (Å²) in [7, 11) is 1.73. The van der Waals surface area contributed by atoms with Gasteiger partial charge in [-0.15, -0.1) is 36.2 Å². The van der Waals surface area contributed by atoms with Gasteiger partial charge in [0.05, 0.1) is 17.3 Å². The molecule has 24 heavy (non-hydrogen) atoms. The van der Waals surface area contributed by atoms with Crippen LogP contribution in [0.4, 0.5) is 0 Å². The fourth-order valence-corrected chi connectivity index (χ4v) is 4.05. The van der Waals surface area contributed by atoms with Gasteiger partial charge in [-0.2, -0.15) is 0 Å². The maximum atomic E-state index is 12.5. The van der Waals surface area contributed by atoms with E-state index in [-0.39, 0.29) is 36.1 Å². The molecule has 2 rings (SSSR count). The average Bonchev–Trinajstić information content (AvgIpc) is 2.87. The number of aryl methyl sites for hydroxylation is 2. The van der Waals surface area contributed by atoms with Gasteiger partial charge in [0.2, 0.25) is 0 Å². The minimum atomic E-state index is 0. The van der Waals surface area contributed by atoms with Gasteiger partial charge >= 0.3 is 0 Å². The number of ether oxygens (including phenoxy) is 1. The highest BCUT2D eigenvalue weighted by atomic mass is 35.5. The molecule has 2 heterocycles. The first kappa shape index (κ1) is 23.6. The maximum absolute atomic E-state index is 12.5. The summed E-state index contributed by atoms with van der Waals surface area (Å²) in [5, 5.41) is 7.54. The molecule has 2 N–H and O–H groups in total. The van der Waals surface area contributed by atoms with Crippen LogP contribution in [-0.2, 0) is 11.2 Å². The molecule has 140 valence electrons. The van der Waals surface area contributed by atoms with E-state index in [2.05, 4.69) is 22.5 Å². The van der Waals surface area contributed by atoms with Gasteiger partial charge in [-0.05, 0) is 45.7 Å². The topological polar surface area (TPSA) is 63.2 Å². The molecule has 1 aromatic rings. The molecule has 0 unspecified atom stereocenters. The first-order valence-corrected chi connectivity index (χ1v) is 8.86. The summed E-state index contributed by atoms with van der Waals surface area (Å²) in [6.07, 6.45) is 4.06. The summed E-state index contributed by atoms with van der Waals surface area (Å²) >= 11 is 1.52. The Morgan fingerprint density at radius 3 is 2.62 bits per heavy atom. The Morgan fingerprint density at radius 2 is 2.04 bits per heavy atom. The molecule has 1 aromatic heterocycles. The summed E-state index contributed by atoms with van der Waals surface area (Å²) in [6, 6.07) is 0. The number of methoxy groups -OCH3 is 1. The molecule has 0 aliphatic carbocycles. The van der Waals surface area contributed by atoms with Gasteiger partial charge in [-0.1, -0.05) is 6.92 Å². The summed E-state index contributed by atoms with van der Waals surface area (Å²) in [5.41, 5.74) is 0.901. The smallest absolute Gasteiger partial charge is 0.263 e. The van der Waals surface area contributed by atoms with Gasteiger partial charge in [0, 0.05) is 19.1 Å². The second kappa shape index (κ2) is 11.3. The van der Waals surface area contributed by atoms with Crippen molar-refractivity contribution < 1.29 is 9.53 Å². The molecule has 8 heteroatoms. The molecule has 1 aliphatic rings. The lowest BCUT2D eigenvalue weighted by atomic mass is 9.79. The van der Waals surface area contributed by atoms with Gasteiger partial charge in [-0.3, -0.25) is 4.79 Å². The number of amides is 1. The molecule has 0 bridgehead atoms. The van der Waals surface area contributed by atoms with Crippen LogP contribution in [0.1, 0.15) is 46.6 Å². The molecule has 0 radical (unpaired) electrons. The predicted octanol–water partition coefficient (Wildman–Crippen LogP) is 2.99. The van der Waals surface area contributed by atoms with E-state index < -0.39 is 0 Å². The molecule has 5 nitrogen and oxygen atoms in total. The minimum absolute atomic E-state index is 0. The zero-order chi connectivity index (χ0) is 16.0. The molecule has 1 amide bonds. The molecule has 0 aromatic carbocycles. The number of aromatic nitrogens is 1. The van der Waals surface area contributed by atoms with Gasteiger partial charge in [0.1, 0.15) is 4.88 Å². The van der Waals surface area contributed by atoms with Crippen molar-refractivity contribution in [2.24, 2.45) is 5.41 Å². The van der Waals surface area contributed by atoms with Crippen LogP contribution in [-0.4, -0.2) is 44.2 Å². The van der Waals surface area contributed by atoms with Crippen molar-refractivity contribution in [1.82, 2.24) is 15.6 Å². The zero-order valence-corrected chi connectivity index (χ0v) is 17.1. The van der Waals surface area contributed by atoms with E-state index in [4.69, 9.17) is 4.74 Å². The van der Waals surface area contributed by atoms with E-state index in [1.807, 2.05) is 6.92 Å². The van der Waals surface area contributed by atoms with Crippen molar-refractivity contribution >= 4 is 42.1 Å². The summed E-state index contributed by atoms with van der Waals surface area (Å²) in [6.45, 7) is 7.38. The Kier molecular flexibility index (Phi) is 11.1. The predicted molar refractivity (Wildman–Crippen MR) is 104 cm³/mol. The fraction of sp³-hybridized carbons (Fsp3) is 0.750. The van der Waals surface area contributed by atoms with Gasteiger partial charge in [-0.25, -0.2) is 4.98 Å². The zero-order valence-electron chi connectivity index (χ0n) is 14.6. The highest BCUT2D eigenvalue weighted by Crippen LogP contribution is 2.28. The molecule has 0 saturated carbocycles. The highest BCUT2D eigenvalue weighted by molar-refractivity contribution is 7.13. The Balaban J connectivity index is 0.00000264. The maximum Gasteiger partial charge on any atom is 0.263 e. The molecule has 1 fully saturated rings. The van der Waals surface area contributed by atoms with Crippen LogP contribution in [0.3, 0.4) is 0 Å². The van der Waals surface area contributed by atoms with Gasteiger partial charge in [0.25, 0.3) is 5.91 Å². The van der Waals surface area contributed by atoms with Crippen molar-refractivity contribution in [3.05, 3.63) is 15.6 Å². The number of piperidine rings is 1. The van der Waals surface area contributed by atoms with Crippen LogP contribution in [0.5, 0.6) is 0 Å². The van der Waals surface area contributed by atoms with Crippen LogP contribution in [0.2, 0.25) is 0 Å². The number of carbonyl (C=O) groups is 1. The van der Waals surface area contributed by atoms with Crippen molar-refractivity contribution in [1.29, 1.82) is 0 Å². The average molecular weight is 398 g/mol. The third-order valence-electron chi connectivity index (χ3n) is 4.25. The van der Waals surface area contributed by atoms with E-state index in [0.717, 1.165) is 54.4 Å². The van der Waals surface area contributed by atoms with Crippen molar-refractivity contribution in [2.75, 3.05) is 33.4 Å². The molecular formula is C16H29Cl2N3O2S. The number of nitrogens with one attached hydrogen (secondary N) is 2. The van der Waals surface area contributed by atoms with Crippen LogP contribution >= 0.6 is 36.2 Å². The monoisotopic (exact) mass is 397 g/mol. The minimum Gasteiger partial charge on any atom is -0.384 e. The number of halogens is 2. The molecule has 0 spiro atoms. The quantitative estimate of drug-likeness (QED) is 0.741. The first-order valence-electron chi connectivity index (χ1n) is 8.04. The van der Waals surface area contributed by atoms with E-state index >= 15 is 0 Å². The van der Waals surface area contributed by atoms with E-state index in [1.54, 1.807) is 7.11 Å². The third-order valence-corrected chi connectivity index (χ3v) is 5.47.